The quantitative estimate of drug-likeness (QED) is 0.650. The molecule has 1 N–H and O–H groups in total. The molecule has 3 amide bonds. The van der Waals surface area contributed by atoms with Crippen LogP contribution in [0.5, 0.6) is 0 Å². The van der Waals surface area contributed by atoms with E-state index in [-0.39, 0.29) is 23.2 Å². The molecule has 0 atom stereocenters. The van der Waals surface area contributed by atoms with E-state index in [2.05, 4.69) is 5.32 Å². The molecule has 1 heterocycles. The van der Waals surface area contributed by atoms with Gasteiger partial charge in [-0.05, 0) is 42.3 Å². The number of hydrogen-bond acceptors (Lipinski definition) is 3. The average molecular weight is 406 g/mol. The monoisotopic (exact) mass is 406 g/mol. The lowest BCUT2D eigenvalue weighted by atomic mass is 10.1. The van der Waals surface area contributed by atoms with E-state index in [1.54, 1.807) is 0 Å². The number of fused-ring (bicyclic) bond motifs is 1. The first-order valence-electron chi connectivity index (χ1n) is 9.25. The fourth-order valence-corrected chi connectivity index (χ4v) is 3.32. The van der Waals surface area contributed by atoms with E-state index in [4.69, 9.17) is 0 Å². The molecule has 7 heteroatoms. The van der Waals surface area contributed by atoms with Crippen molar-refractivity contribution in [3.8, 4) is 0 Å². The zero-order valence-electron chi connectivity index (χ0n) is 15.7. The first-order valence-corrected chi connectivity index (χ1v) is 9.25. The molecule has 3 aromatic rings. The molecule has 0 unspecified atom stereocenters. The molecule has 30 heavy (non-hydrogen) atoms. The topological polar surface area (TPSA) is 66.5 Å². The fraction of sp³-hybridized carbons (Fsp3) is 0.0870. The van der Waals surface area contributed by atoms with Crippen LogP contribution in [0.2, 0.25) is 0 Å². The van der Waals surface area contributed by atoms with Gasteiger partial charge in [-0.1, -0.05) is 36.4 Å². The highest BCUT2D eigenvalue weighted by molar-refractivity contribution is 6.22. The van der Waals surface area contributed by atoms with Crippen molar-refractivity contribution in [3.05, 3.63) is 101 Å². The summed E-state index contributed by atoms with van der Waals surface area (Å²) in [6.45, 7) is 0.207. The first-order chi connectivity index (χ1) is 14.5. The zero-order valence-corrected chi connectivity index (χ0v) is 15.7. The lowest BCUT2D eigenvalue weighted by molar-refractivity contribution is 0.0656. The molecular weight excluding hydrogens is 390 g/mol. The number of para-hydroxylation sites is 1. The van der Waals surface area contributed by atoms with Crippen molar-refractivity contribution < 1.29 is 23.2 Å². The highest BCUT2D eigenvalue weighted by Gasteiger charge is 2.35. The second-order valence-corrected chi connectivity index (χ2v) is 6.81. The minimum absolute atomic E-state index is 0.0162. The van der Waals surface area contributed by atoms with Gasteiger partial charge in [-0.25, -0.2) is 8.78 Å². The second kappa shape index (κ2) is 7.87. The van der Waals surface area contributed by atoms with Crippen molar-refractivity contribution in [2.45, 2.75) is 6.42 Å². The Morgan fingerprint density at radius 1 is 0.833 bits per heavy atom. The number of hydrogen-bond donors (Lipinski definition) is 1. The molecule has 4 rings (SSSR count). The highest BCUT2D eigenvalue weighted by Crippen LogP contribution is 2.25. The Morgan fingerprint density at radius 2 is 1.50 bits per heavy atom. The van der Waals surface area contributed by atoms with Crippen LogP contribution in [-0.4, -0.2) is 29.2 Å². The summed E-state index contributed by atoms with van der Waals surface area (Å²) < 4.78 is 27.6. The van der Waals surface area contributed by atoms with Crippen molar-refractivity contribution >= 4 is 23.4 Å². The maximum absolute atomic E-state index is 13.8. The van der Waals surface area contributed by atoms with Crippen LogP contribution in [0.25, 0.3) is 0 Å². The Labute approximate surface area is 170 Å². The van der Waals surface area contributed by atoms with Crippen LogP contribution in [0, 0.1) is 11.6 Å². The number of imide groups is 1. The fourth-order valence-electron chi connectivity index (χ4n) is 3.32. The number of rotatable bonds is 5. The molecule has 0 saturated heterocycles. The van der Waals surface area contributed by atoms with Gasteiger partial charge in [-0.2, -0.15) is 0 Å². The molecule has 1 aliphatic heterocycles. The smallest absolute Gasteiger partial charge is 0.261 e. The zero-order chi connectivity index (χ0) is 21.3. The van der Waals surface area contributed by atoms with Gasteiger partial charge >= 0.3 is 0 Å². The molecule has 5 nitrogen and oxygen atoms in total. The maximum atomic E-state index is 13.8. The highest BCUT2D eigenvalue weighted by atomic mass is 19.1. The molecule has 0 radical (unpaired) electrons. The van der Waals surface area contributed by atoms with Gasteiger partial charge in [0.05, 0.1) is 11.1 Å². The largest absolute Gasteiger partial charge is 0.317 e. The van der Waals surface area contributed by atoms with Gasteiger partial charge in [0.2, 0.25) is 0 Å². The van der Waals surface area contributed by atoms with Gasteiger partial charge in [-0.3, -0.25) is 19.3 Å². The Bertz CT molecular complexity index is 1140. The number of carbonyl (C=O) groups excluding carboxylic acids is 3. The minimum atomic E-state index is -0.914. The summed E-state index contributed by atoms with van der Waals surface area (Å²) in [5.41, 5.74) is 0.717. The summed E-state index contributed by atoms with van der Waals surface area (Å²) in [5, 5.41) is 2.17. The maximum Gasteiger partial charge on any atom is 0.261 e. The van der Waals surface area contributed by atoms with Gasteiger partial charge in [-0.15, -0.1) is 0 Å². The number of benzene rings is 3. The van der Waals surface area contributed by atoms with E-state index in [9.17, 15) is 23.2 Å². The Kier molecular flexibility index (Phi) is 5.10. The standard InChI is InChI=1S/C23H16F2N2O3/c24-18-7-4-8-19(25)20(18)26-21(28)15-9-10-16-17(13-15)23(30)27(22(16)29)12-11-14-5-2-1-3-6-14/h1-10,13H,11-12H2,(H,26,28). The molecule has 150 valence electrons. The van der Waals surface area contributed by atoms with Gasteiger partial charge in [0.25, 0.3) is 17.7 Å². The number of carbonyl (C=O) groups is 3. The molecular formula is C23H16F2N2O3. The van der Waals surface area contributed by atoms with Crippen LogP contribution in [0.1, 0.15) is 36.6 Å². The second-order valence-electron chi connectivity index (χ2n) is 6.81. The summed E-state index contributed by atoms with van der Waals surface area (Å²) in [6.07, 6.45) is 0.506. The summed E-state index contributed by atoms with van der Waals surface area (Å²) in [5.74, 6) is -3.55. The van der Waals surface area contributed by atoms with E-state index in [1.807, 2.05) is 30.3 Å². The van der Waals surface area contributed by atoms with Gasteiger partial charge < -0.3 is 5.32 Å². The lowest BCUT2D eigenvalue weighted by Gasteiger charge is -2.13. The van der Waals surface area contributed by atoms with Crippen LogP contribution in [-0.2, 0) is 6.42 Å². The number of amides is 3. The van der Waals surface area contributed by atoms with Gasteiger partial charge in [0.1, 0.15) is 17.3 Å². The van der Waals surface area contributed by atoms with E-state index < -0.39 is 35.0 Å². The van der Waals surface area contributed by atoms with Gasteiger partial charge in [0, 0.05) is 12.1 Å². The van der Waals surface area contributed by atoms with Gasteiger partial charge in [0.15, 0.2) is 0 Å². The number of nitrogens with zero attached hydrogens (tertiary/aromatic N) is 1. The molecule has 0 saturated carbocycles. The van der Waals surface area contributed by atoms with Crippen LogP contribution >= 0.6 is 0 Å². The molecule has 0 spiro atoms. The number of nitrogens with one attached hydrogen (secondary N) is 1. The average Bonchev–Trinajstić information content (AvgIpc) is 2.99. The summed E-state index contributed by atoms with van der Waals surface area (Å²) in [6, 6.07) is 16.7. The number of anilines is 1. The summed E-state index contributed by atoms with van der Waals surface area (Å²) in [4.78, 5) is 38.9. The Morgan fingerprint density at radius 3 is 2.20 bits per heavy atom. The van der Waals surface area contributed by atoms with Crippen molar-refractivity contribution in [2.75, 3.05) is 11.9 Å². The lowest BCUT2D eigenvalue weighted by Crippen LogP contribution is -2.31. The van der Waals surface area contributed by atoms with E-state index >= 15 is 0 Å². The van der Waals surface area contributed by atoms with E-state index in [0.29, 0.717) is 6.42 Å². The Hall–Kier alpha value is -3.87. The van der Waals surface area contributed by atoms with Crippen LogP contribution in [0.3, 0.4) is 0 Å². The number of halogens is 2. The van der Waals surface area contributed by atoms with E-state index in [1.165, 1.54) is 24.3 Å². The minimum Gasteiger partial charge on any atom is -0.317 e. The summed E-state index contributed by atoms with van der Waals surface area (Å²) in [7, 11) is 0. The van der Waals surface area contributed by atoms with Crippen molar-refractivity contribution in [1.82, 2.24) is 4.90 Å². The molecule has 0 aliphatic carbocycles. The van der Waals surface area contributed by atoms with Crippen molar-refractivity contribution in [1.29, 1.82) is 0 Å². The molecule has 1 aliphatic rings. The van der Waals surface area contributed by atoms with Crippen molar-refractivity contribution in [2.24, 2.45) is 0 Å². The Balaban J connectivity index is 1.53. The predicted molar refractivity (Wildman–Crippen MR) is 106 cm³/mol. The predicted octanol–water partition coefficient (Wildman–Crippen LogP) is 4.06. The van der Waals surface area contributed by atoms with Crippen molar-refractivity contribution in [3.63, 3.8) is 0 Å². The van der Waals surface area contributed by atoms with E-state index in [0.717, 1.165) is 22.6 Å². The first kappa shape index (κ1) is 19.4. The SMILES string of the molecule is O=C(Nc1c(F)cccc1F)c1ccc2c(c1)C(=O)N(CCc1ccccc1)C2=O. The summed E-state index contributed by atoms with van der Waals surface area (Å²) >= 11 is 0. The van der Waals surface area contributed by atoms with Crippen LogP contribution in [0.4, 0.5) is 14.5 Å². The normalized spacial score (nSPS) is 12.8. The molecule has 0 fully saturated rings. The third kappa shape index (κ3) is 3.57. The third-order valence-electron chi connectivity index (χ3n) is 4.90. The molecule has 0 aromatic heterocycles. The van der Waals surface area contributed by atoms with Crippen LogP contribution < -0.4 is 5.32 Å². The third-order valence-corrected chi connectivity index (χ3v) is 4.90. The molecule has 0 bridgehead atoms. The van der Waals surface area contributed by atoms with Crippen LogP contribution in [0.15, 0.2) is 66.7 Å². The molecule has 3 aromatic carbocycles.